The van der Waals surface area contributed by atoms with Crippen molar-refractivity contribution < 1.29 is 13.2 Å². The zero-order valence-electron chi connectivity index (χ0n) is 15.5. The number of hydrogen-bond donors (Lipinski definition) is 2. The Kier molecular flexibility index (Phi) is 6.94. The van der Waals surface area contributed by atoms with E-state index in [-0.39, 0.29) is 29.7 Å². The molecule has 1 atom stereocenters. The van der Waals surface area contributed by atoms with E-state index in [2.05, 4.69) is 10.0 Å². The second-order valence-corrected chi connectivity index (χ2v) is 8.28. The smallest absolute Gasteiger partial charge is 0.240 e. The fourth-order valence-electron chi connectivity index (χ4n) is 2.52. The molecule has 0 spiro atoms. The average Bonchev–Trinajstić information content (AvgIpc) is 2.62. The summed E-state index contributed by atoms with van der Waals surface area (Å²) in [5.41, 5.74) is 3.11. The minimum Gasteiger partial charge on any atom is -0.355 e. The standard InChI is InChI=1S/C20H26N2O3S/c1-15-9-10-19(13-16(15)2)26(24,25)22-12-11-20(23)21-14-17(3)18-7-5-4-6-8-18/h4-10,13,17,22H,11-12,14H2,1-3H3,(H,21,23). The van der Waals surface area contributed by atoms with Crippen molar-refractivity contribution >= 4 is 15.9 Å². The molecule has 0 saturated heterocycles. The molecule has 0 fully saturated rings. The van der Waals surface area contributed by atoms with Gasteiger partial charge in [-0.1, -0.05) is 43.3 Å². The van der Waals surface area contributed by atoms with E-state index >= 15 is 0 Å². The van der Waals surface area contributed by atoms with Crippen LogP contribution >= 0.6 is 0 Å². The van der Waals surface area contributed by atoms with Crippen LogP contribution in [0, 0.1) is 13.8 Å². The molecule has 1 amide bonds. The summed E-state index contributed by atoms with van der Waals surface area (Å²) >= 11 is 0. The summed E-state index contributed by atoms with van der Waals surface area (Å²) < 4.78 is 27.1. The number of benzene rings is 2. The summed E-state index contributed by atoms with van der Waals surface area (Å²) in [4.78, 5) is 12.2. The van der Waals surface area contributed by atoms with Crippen LogP contribution in [-0.4, -0.2) is 27.4 Å². The molecule has 0 saturated carbocycles. The van der Waals surface area contributed by atoms with Crippen LogP contribution in [0.2, 0.25) is 0 Å². The van der Waals surface area contributed by atoms with Crippen LogP contribution in [0.25, 0.3) is 0 Å². The minimum absolute atomic E-state index is 0.0702. The Hall–Kier alpha value is -2.18. The maximum Gasteiger partial charge on any atom is 0.240 e. The third-order valence-electron chi connectivity index (χ3n) is 4.41. The van der Waals surface area contributed by atoms with Gasteiger partial charge in [0.15, 0.2) is 0 Å². The highest BCUT2D eigenvalue weighted by Crippen LogP contribution is 2.15. The third kappa shape index (κ3) is 5.68. The van der Waals surface area contributed by atoms with E-state index in [4.69, 9.17) is 0 Å². The summed E-state index contributed by atoms with van der Waals surface area (Å²) in [5.74, 6) is 0.0305. The van der Waals surface area contributed by atoms with Gasteiger partial charge in [0.05, 0.1) is 4.90 Å². The van der Waals surface area contributed by atoms with Crippen LogP contribution < -0.4 is 10.0 Å². The molecule has 0 aliphatic rings. The van der Waals surface area contributed by atoms with Crippen molar-refractivity contribution in [2.45, 2.75) is 38.0 Å². The quantitative estimate of drug-likeness (QED) is 0.746. The van der Waals surface area contributed by atoms with Crippen LogP contribution in [0.15, 0.2) is 53.4 Å². The van der Waals surface area contributed by atoms with Gasteiger partial charge in [0.25, 0.3) is 0 Å². The first-order valence-corrected chi connectivity index (χ1v) is 10.2. The molecular weight excluding hydrogens is 348 g/mol. The largest absolute Gasteiger partial charge is 0.355 e. The maximum absolute atomic E-state index is 12.3. The zero-order chi connectivity index (χ0) is 19.2. The Balaban J connectivity index is 1.79. The Labute approximate surface area is 155 Å². The van der Waals surface area contributed by atoms with Gasteiger partial charge in [0.2, 0.25) is 15.9 Å². The Morgan fingerprint density at radius 2 is 1.73 bits per heavy atom. The normalized spacial score (nSPS) is 12.6. The van der Waals surface area contributed by atoms with E-state index in [9.17, 15) is 13.2 Å². The first-order valence-electron chi connectivity index (χ1n) is 8.68. The monoisotopic (exact) mass is 374 g/mol. The van der Waals surface area contributed by atoms with Gasteiger partial charge in [0, 0.05) is 19.5 Å². The second kappa shape index (κ2) is 8.96. The van der Waals surface area contributed by atoms with Gasteiger partial charge < -0.3 is 5.32 Å². The van der Waals surface area contributed by atoms with Gasteiger partial charge in [-0.15, -0.1) is 0 Å². The van der Waals surface area contributed by atoms with E-state index in [0.717, 1.165) is 16.7 Å². The van der Waals surface area contributed by atoms with Gasteiger partial charge in [-0.05, 0) is 48.6 Å². The number of aryl methyl sites for hydroxylation is 2. The molecule has 0 aliphatic heterocycles. The number of carbonyl (C=O) groups is 1. The second-order valence-electron chi connectivity index (χ2n) is 6.51. The van der Waals surface area contributed by atoms with Gasteiger partial charge in [-0.2, -0.15) is 0 Å². The first kappa shape index (κ1) is 20.1. The molecule has 2 N–H and O–H groups in total. The summed E-state index contributed by atoms with van der Waals surface area (Å²) in [7, 11) is -3.60. The highest BCUT2D eigenvalue weighted by atomic mass is 32.2. The van der Waals surface area contributed by atoms with Crippen LogP contribution in [0.4, 0.5) is 0 Å². The van der Waals surface area contributed by atoms with Gasteiger partial charge in [0.1, 0.15) is 0 Å². The zero-order valence-corrected chi connectivity index (χ0v) is 16.3. The molecule has 2 rings (SSSR count). The Morgan fingerprint density at radius 3 is 2.38 bits per heavy atom. The number of hydrogen-bond acceptors (Lipinski definition) is 3. The van der Waals surface area contributed by atoms with Crippen molar-refractivity contribution in [1.82, 2.24) is 10.0 Å². The lowest BCUT2D eigenvalue weighted by Crippen LogP contribution is -2.32. The Morgan fingerprint density at radius 1 is 1.04 bits per heavy atom. The molecule has 0 aromatic heterocycles. The lowest BCUT2D eigenvalue weighted by atomic mass is 10.0. The number of sulfonamides is 1. The molecule has 5 nitrogen and oxygen atoms in total. The Bertz CT molecular complexity index is 849. The van der Waals surface area contributed by atoms with E-state index < -0.39 is 10.0 Å². The molecule has 2 aromatic carbocycles. The SMILES string of the molecule is Cc1ccc(S(=O)(=O)NCCC(=O)NCC(C)c2ccccc2)cc1C. The topological polar surface area (TPSA) is 75.3 Å². The summed E-state index contributed by atoms with van der Waals surface area (Å²) in [5, 5.41) is 2.85. The molecule has 26 heavy (non-hydrogen) atoms. The predicted molar refractivity (Wildman–Crippen MR) is 104 cm³/mol. The minimum atomic E-state index is -3.60. The molecule has 0 radical (unpaired) electrons. The highest BCUT2D eigenvalue weighted by molar-refractivity contribution is 7.89. The van der Waals surface area contributed by atoms with Crippen molar-refractivity contribution in [3.8, 4) is 0 Å². The van der Waals surface area contributed by atoms with Crippen molar-refractivity contribution in [3.05, 3.63) is 65.2 Å². The van der Waals surface area contributed by atoms with Crippen molar-refractivity contribution in [2.75, 3.05) is 13.1 Å². The molecule has 2 aromatic rings. The lowest BCUT2D eigenvalue weighted by Gasteiger charge is -2.13. The van der Waals surface area contributed by atoms with Crippen molar-refractivity contribution in [3.63, 3.8) is 0 Å². The number of rotatable bonds is 8. The van der Waals surface area contributed by atoms with E-state index in [1.165, 1.54) is 0 Å². The summed E-state index contributed by atoms with van der Waals surface area (Å²) in [6.45, 7) is 6.43. The average molecular weight is 375 g/mol. The first-order chi connectivity index (χ1) is 12.3. The van der Waals surface area contributed by atoms with Crippen molar-refractivity contribution in [1.29, 1.82) is 0 Å². The highest BCUT2D eigenvalue weighted by Gasteiger charge is 2.15. The number of carbonyl (C=O) groups excluding carboxylic acids is 1. The fraction of sp³-hybridized carbons (Fsp3) is 0.350. The predicted octanol–water partition coefficient (Wildman–Crippen LogP) is 2.89. The molecular formula is C20H26N2O3S. The molecule has 0 aliphatic carbocycles. The summed E-state index contributed by atoms with van der Waals surface area (Å²) in [6, 6.07) is 14.9. The van der Waals surface area contributed by atoms with Gasteiger partial charge in [-0.3, -0.25) is 4.79 Å². The molecule has 1 unspecified atom stereocenters. The van der Waals surface area contributed by atoms with Gasteiger partial charge >= 0.3 is 0 Å². The fourth-order valence-corrected chi connectivity index (χ4v) is 3.63. The van der Waals surface area contributed by atoms with Crippen LogP contribution in [0.5, 0.6) is 0 Å². The van der Waals surface area contributed by atoms with Crippen LogP contribution in [-0.2, 0) is 14.8 Å². The van der Waals surface area contributed by atoms with E-state index in [1.54, 1.807) is 18.2 Å². The lowest BCUT2D eigenvalue weighted by molar-refractivity contribution is -0.120. The van der Waals surface area contributed by atoms with Crippen LogP contribution in [0.1, 0.15) is 36.0 Å². The van der Waals surface area contributed by atoms with E-state index in [0.29, 0.717) is 6.54 Å². The van der Waals surface area contributed by atoms with Gasteiger partial charge in [-0.25, -0.2) is 13.1 Å². The maximum atomic E-state index is 12.3. The summed E-state index contributed by atoms with van der Waals surface area (Å²) in [6.07, 6.45) is 0.103. The number of nitrogens with one attached hydrogen (secondary N) is 2. The molecule has 0 bridgehead atoms. The van der Waals surface area contributed by atoms with E-state index in [1.807, 2.05) is 51.1 Å². The van der Waals surface area contributed by atoms with Crippen molar-refractivity contribution in [2.24, 2.45) is 0 Å². The molecule has 6 heteroatoms. The molecule has 140 valence electrons. The van der Waals surface area contributed by atoms with Crippen LogP contribution in [0.3, 0.4) is 0 Å². The molecule has 0 heterocycles. The third-order valence-corrected chi connectivity index (χ3v) is 5.87. The number of amides is 1.